The normalized spacial score (nSPS) is 21.2. The van der Waals surface area contributed by atoms with Crippen molar-refractivity contribution < 1.29 is 9.53 Å². The molecular weight excluding hydrogens is 330 g/mol. The fourth-order valence-electron chi connectivity index (χ4n) is 3.72. The highest BCUT2D eigenvalue weighted by Gasteiger charge is 2.25. The van der Waals surface area contributed by atoms with Crippen LogP contribution in [0.2, 0.25) is 0 Å². The molecule has 1 amide bonds. The Morgan fingerprint density at radius 2 is 2.04 bits per heavy atom. The second-order valence-corrected chi connectivity index (χ2v) is 7.07. The van der Waals surface area contributed by atoms with Gasteiger partial charge in [-0.3, -0.25) is 4.79 Å². The van der Waals surface area contributed by atoms with E-state index in [4.69, 9.17) is 20.4 Å². The molecule has 2 aliphatic rings. The van der Waals surface area contributed by atoms with Gasteiger partial charge < -0.3 is 20.7 Å². The number of carbonyl (C=O) groups is 1. The molecule has 4 rings (SSSR count). The van der Waals surface area contributed by atoms with Crippen LogP contribution < -0.4 is 16.0 Å². The molecule has 2 fully saturated rings. The summed E-state index contributed by atoms with van der Waals surface area (Å²) in [5, 5.41) is 4.47. The lowest BCUT2D eigenvalue weighted by Crippen LogP contribution is -2.39. The van der Waals surface area contributed by atoms with Gasteiger partial charge in [-0.1, -0.05) is 12.1 Å². The highest BCUT2D eigenvalue weighted by molar-refractivity contribution is 5.90. The molecule has 0 radical (unpaired) electrons. The van der Waals surface area contributed by atoms with Crippen molar-refractivity contribution in [1.82, 2.24) is 9.97 Å². The van der Waals surface area contributed by atoms with E-state index in [1.807, 2.05) is 24.3 Å². The zero-order valence-corrected chi connectivity index (χ0v) is 14.9. The summed E-state index contributed by atoms with van der Waals surface area (Å²) in [4.78, 5) is 23.1. The van der Waals surface area contributed by atoms with Gasteiger partial charge in [0, 0.05) is 37.5 Å². The molecular formula is C19H25N5O2. The number of carbonyl (C=O) groups excluding carboxylic acids is 1. The van der Waals surface area contributed by atoms with Gasteiger partial charge in [0.25, 0.3) is 0 Å². The molecule has 3 N–H and O–H groups in total. The SMILES string of the molecule is NC(=O)C1CCN(c2nc(NCC3CCCO3)c3ccccc3n2)CC1. The minimum atomic E-state index is -0.206. The minimum Gasteiger partial charge on any atom is -0.376 e. The van der Waals surface area contributed by atoms with Crippen LogP contribution >= 0.6 is 0 Å². The summed E-state index contributed by atoms with van der Waals surface area (Å²) in [6, 6.07) is 8.04. The first kappa shape index (κ1) is 17.0. The maximum absolute atomic E-state index is 11.4. The van der Waals surface area contributed by atoms with Crippen LogP contribution in [-0.4, -0.2) is 48.2 Å². The zero-order valence-electron chi connectivity index (χ0n) is 14.9. The molecule has 2 aromatic rings. The monoisotopic (exact) mass is 355 g/mol. The van der Waals surface area contributed by atoms with E-state index in [9.17, 15) is 4.79 Å². The molecule has 0 bridgehead atoms. The number of benzene rings is 1. The number of nitrogens with one attached hydrogen (secondary N) is 1. The molecule has 2 aliphatic heterocycles. The van der Waals surface area contributed by atoms with Crippen LogP contribution in [0, 0.1) is 5.92 Å². The van der Waals surface area contributed by atoms with Crippen molar-refractivity contribution in [1.29, 1.82) is 0 Å². The van der Waals surface area contributed by atoms with Crippen molar-refractivity contribution >= 4 is 28.6 Å². The number of nitrogens with zero attached hydrogens (tertiary/aromatic N) is 3. The third-order valence-corrected chi connectivity index (χ3v) is 5.29. The smallest absolute Gasteiger partial charge is 0.227 e. The third kappa shape index (κ3) is 3.58. The van der Waals surface area contributed by atoms with Crippen molar-refractivity contribution in [3.63, 3.8) is 0 Å². The predicted octanol–water partition coefficient (Wildman–Crippen LogP) is 1.92. The summed E-state index contributed by atoms with van der Waals surface area (Å²) in [6.45, 7) is 3.09. The van der Waals surface area contributed by atoms with E-state index in [-0.39, 0.29) is 17.9 Å². The van der Waals surface area contributed by atoms with Gasteiger partial charge in [-0.25, -0.2) is 4.98 Å². The predicted molar refractivity (Wildman–Crippen MR) is 101 cm³/mol. The first-order valence-corrected chi connectivity index (χ1v) is 9.37. The van der Waals surface area contributed by atoms with Gasteiger partial charge in [-0.05, 0) is 37.8 Å². The Hall–Kier alpha value is -2.41. The molecule has 1 unspecified atom stereocenters. The molecule has 0 aliphatic carbocycles. The number of aromatic nitrogens is 2. The van der Waals surface area contributed by atoms with E-state index in [1.54, 1.807) is 0 Å². The van der Waals surface area contributed by atoms with Gasteiger partial charge in [-0.2, -0.15) is 4.98 Å². The highest BCUT2D eigenvalue weighted by Crippen LogP contribution is 2.27. The van der Waals surface area contributed by atoms with Crippen molar-refractivity contribution in [2.75, 3.05) is 36.5 Å². The van der Waals surface area contributed by atoms with E-state index in [2.05, 4.69) is 10.2 Å². The fraction of sp³-hybridized carbons (Fsp3) is 0.526. The maximum atomic E-state index is 11.4. The summed E-state index contributed by atoms with van der Waals surface area (Å²) in [7, 11) is 0. The molecule has 1 aromatic heterocycles. The summed E-state index contributed by atoms with van der Waals surface area (Å²) in [6.07, 6.45) is 3.97. The molecule has 2 saturated heterocycles. The van der Waals surface area contributed by atoms with E-state index in [1.165, 1.54) is 0 Å². The van der Waals surface area contributed by atoms with E-state index >= 15 is 0 Å². The number of ether oxygens (including phenoxy) is 1. The average Bonchev–Trinajstić information content (AvgIpc) is 3.19. The van der Waals surface area contributed by atoms with Crippen LogP contribution in [0.25, 0.3) is 10.9 Å². The van der Waals surface area contributed by atoms with Gasteiger partial charge in [0.15, 0.2) is 0 Å². The Morgan fingerprint density at radius 1 is 1.23 bits per heavy atom. The van der Waals surface area contributed by atoms with E-state index < -0.39 is 0 Å². The number of para-hydroxylation sites is 1. The number of anilines is 2. The molecule has 1 aromatic carbocycles. The van der Waals surface area contributed by atoms with Gasteiger partial charge >= 0.3 is 0 Å². The van der Waals surface area contributed by atoms with Gasteiger partial charge in [0.1, 0.15) is 5.82 Å². The Morgan fingerprint density at radius 3 is 2.77 bits per heavy atom. The van der Waals surface area contributed by atoms with Crippen LogP contribution in [0.3, 0.4) is 0 Å². The molecule has 26 heavy (non-hydrogen) atoms. The van der Waals surface area contributed by atoms with Crippen LogP contribution in [0.1, 0.15) is 25.7 Å². The molecule has 1 atom stereocenters. The van der Waals surface area contributed by atoms with Crippen LogP contribution in [-0.2, 0) is 9.53 Å². The number of nitrogens with two attached hydrogens (primary N) is 1. The standard InChI is InChI=1S/C19H25N5O2/c20-17(25)13-7-9-24(10-8-13)19-22-16-6-2-1-5-15(16)18(23-19)21-12-14-4-3-11-26-14/h1-2,5-6,13-14H,3-4,7-12H2,(H2,20,25)(H,21,22,23). The molecule has 0 saturated carbocycles. The van der Waals surface area contributed by atoms with Gasteiger partial charge in [0.2, 0.25) is 11.9 Å². The van der Waals surface area contributed by atoms with Crippen LogP contribution in [0.15, 0.2) is 24.3 Å². The molecule has 7 nitrogen and oxygen atoms in total. The lowest BCUT2D eigenvalue weighted by Gasteiger charge is -2.31. The largest absolute Gasteiger partial charge is 0.376 e. The van der Waals surface area contributed by atoms with Crippen molar-refractivity contribution in [2.45, 2.75) is 31.8 Å². The highest BCUT2D eigenvalue weighted by atomic mass is 16.5. The maximum Gasteiger partial charge on any atom is 0.227 e. The molecule has 7 heteroatoms. The minimum absolute atomic E-state index is 0.0381. The number of rotatable bonds is 5. The summed E-state index contributed by atoms with van der Waals surface area (Å²) in [5.74, 6) is 1.31. The van der Waals surface area contributed by atoms with Gasteiger partial charge in [0.05, 0.1) is 11.6 Å². The average molecular weight is 355 g/mol. The van der Waals surface area contributed by atoms with Crippen molar-refractivity contribution in [3.8, 4) is 0 Å². The first-order chi connectivity index (χ1) is 12.7. The summed E-state index contributed by atoms with van der Waals surface area (Å²) >= 11 is 0. The second kappa shape index (κ2) is 7.45. The lowest BCUT2D eigenvalue weighted by molar-refractivity contribution is -0.122. The summed E-state index contributed by atoms with van der Waals surface area (Å²) < 4.78 is 5.71. The van der Waals surface area contributed by atoms with Crippen LogP contribution in [0.4, 0.5) is 11.8 Å². The summed E-state index contributed by atoms with van der Waals surface area (Å²) in [5.41, 5.74) is 6.36. The lowest BCUT2D eigenvalue weighted by atomic mass is 9.96. The van der Waals surface area contributed by atoms with Crippen molar-refractivity contribution in [2.24, 2.45) is 11.7 Å². The number of primary amides is 1. The van der Waals surface area contributed by atoms with E-state index in [0.717, 1.165) is 68.6 Å². The Bertz CT molecular complexity index is 783. The number of hydrogen-bond donors (Lipinski definition) is 2. The van der Waals surface area contributed by atoms with Crippen LogP contribution in [0.5, 0.6) is 0 Å². The quantitative estimate of drug-likeness (QED) is 0.851. The topological polar surface area (TPSA) is 93.4 Å². The number of amides is 1. The molecule has 0 spiro atoms. The third-order valence-electron chi connectivity index (χ3n) is 5.29. The van der Waals surface area contributed by atoms with E-state index in [0.29, 0.717) is 5.95 Å². The number of hydrogen-bond acceptors (Lipinski definition) is 6. The Labute approximate surface area is 152 Å². The first-order valence-electron chi connectivity index (χ1n) is 9.37. The molecule has 138 valence electrons. The Balaban J connectivity index is 1.56. The number of fused-ring (bicyclic) bond motifs is 1. The zero-order chi connectivity index (χ0) is 17.9. The van der Waals surface area contributed by atoms with Crippen molar-refractivity contribution in [3.05, 3.63) is 24.3 Å². The second-order valence-electron chi connectivity index (χ2n) is 7.07. The molecule has 3 heterocycles. The number of piperidine rings is 1. The van der Waals surface area contributed by atoms with Gasteiger partial charge in [-0.15, -0.1) is 0 Å². The Kier molecular flexibility index (Phi) is 4.88. The fourth-order valence-corrected chi connectivity index (χ4v) is 3.72.